The third-order valence-electron chi connectivity index (χ3n) is 3.50. The minimum Gasteiger partial charge on any atom is -0.0667 e. The molecule has 3 unspecified atom stereocenters. The van der Waals surface area contributed by atoms with Crippen molar-refractivity contribution in [3.05, 3.63) is 0 Å². The lowest BCUT2D eigenvalue weighted by molar-refractivity contribution is 0.399. The van der Waals surface area contributed by atoms with E-state index in [4.69, 9.17) is 0 Å². The Morgan fingerprint density at radius 1 is 1.33 bits per heavy atom. The van der Waals surface area contributed by atoms with Crippen LogP contribution in [-0.4, -0.2) is 7.85 Å². The molecule has 1 aliphatic rings. The van der Waals surface area contributed by atoms with Gasteiger partial charge in [-0.05, 0) is 30.6 Å². The molecule has 0 bridgehead atoms. The summed E-state index contributed by atoms with van der Waals surface area (Å²) in [4.78, 5) is 0. The number of hydrogen-bond donors (Lipinski definition) is 0. The van der Waals surface area contributed by atoms with Gasteiger partial charge in [-0.25, -0.2) is 0 Å². The predicted octanol–water partition coefficient (Wildman–Crippen LogP) is 2.89. The molecule has 0 heterocycles. The molecule has 1 fully saturated rings. The maximum absolute atomic E-state index is 2.45. The number of hydrogen-bond acceptors (Lipinski definition) is 0. The molecule has 1 aliphatic carbocycles. The number of rotatable bonds is 3. The first-order chi connectivity index (χ1) is 5.63. The Morgan fingerprint density at radius 2 is 2.00 bits per heavy atom. The molecule has 0 N–H and O–H groups in total. The summed E-state index contributed by atoms with van der Waals surface area (Å²) in [6.07, 6.45) is 5.86. The van der Waals surface area contributed by atoms with Gasteiger partial charge in [0.15, 0.2) is 0 Å². The molecule has 0 aliphatic heterocycles. The van der Waals surface area contributed by atoms with E-state index in [2.05, 4.69) is 28.6 Å². The first kappa shape index (κ1) is 10.1. The lowest BCUT2D eigenvalue weighted by Gasteiger charge is -2.17. The lowest BCUT2D eigenvalue weighted by atomic mass is 9.76. The molecule has 0 radical (unpaired) electrons. The van der Waals surface area contributed by atoms with Crippen LogP contribution >= 0.6 is 0 Å². The van der Waals surface area contributed by atoms with Crippen molar-refractivity contribution in [3.8, 4) is 0 Å². The molecule has 1 heteroatoms. The average Bonchev–Trinajstić information content (AvgIpc) is 2.31. The Balaban J connectivity index is 2.35. The molecule has 12 heavy (non-hydrogen) atoms. The largest absolute Gasteiger partial charge is 0.105 e. The van der Waals surface area contributed by atoms with Crippen molar-refractivity contribution in [3.63, 3.8) is 0 Å². The zero-order valence-electron chi connectivity index (χ0n) is 9.14. The second-order valence-electron chi connectivity index (χ2n) is 5.11. The highest BCUT2D eigenvalue weighted by Gasteiger charge is 2.29. The van der Waals surface area contributed by atoms with Gasteiger partial charge in [0.2, 0.25) is 0 Å². The van der Waals surface area contributed by atoms with Gasteiger partial charge in [-0.15, -0.1) is 0 Å². The van der Waals surface area contributed by atoms with E-state index in [1.54, 1.807) is 0 Å². The third kappa shape index (κ3) is 2.53. The molecular formula is C11H23B. The van der Waals surface area contributed by atoms with Crippen molar-refractivity contribution in [1.29, 1.82) is 0 Å². The first-order valence-electron chi connectivity index (χ1n) is 5.63. The Kier molecular flexibility index (Phi) is 3.67. The zero-order valence-corrected chi connectivity index (χ0v) is 9.14. The van der Waals surface area contributed by atoms with Crippen molar-refractivity contribution in [2.75, 3.05) is 0 Å². The van der Waals surface area contributed by atoms with Crippen LogP contribution < -0.4 is 0 Å². The fourth-order valence-electron chi connectivity index (χ4n) is 2.74. The van der Waals surface area contributed by atoms with Crippen molar-refractivity contribution in [1.82, 2.24) is 0 Å². The summed E-state index contributed by atoms with van der Waals surface area (Å²) >= 11 is 0. The molecule has 0 saturated heterocycles. The van der Waals surface area contributed by atoms with Gasteiger partial charge < -0.3 is 0 Å². The Morgan fingerprint density at radius 3 is 2.42 bits per heavy atom. The van der Waals surface area contributed by atoms with Crippen molar-refractivity contribution < 1.29 is 0 Å². The monoisotopic (exact) mass is 166 g/mol. The lowest BCUT2D eigenvalue weighted by Crippen LogP contribution is -2.05. The highest BCUT2D eigenvalue weighted by Crippen LogP contribution is 2.43. The van der Waals surface area contributed by atoms with Gasteiger partial charge in [-0.2, -0.15) is 0 Å². The van der Waals surface area contributed by atoms with Gasteiger partial charge in [0.1, 0.15) is 7.85 Å². The van der Waals surface area contributed by atoms with E-state index in [1.807, 2.05) is 0 Å². The maximum atomic E-state index is 2.45. The summed E-state index contributed by atoms with van der Waals surface area (Å²) in [5, 5.41) is 0. The van der Waals surface area contributed by atoms with Gasteiger partial charge in [0.25, 0.3) is 0 Å². The standard InChI is InChI=1S/C11H23B/c1-4-9-6-10(5-8(2)3)11(12)7-9/h8-11H,4-7,12H2,1-3H3. The fraction of sp³-hybridized carbons (Fsp3) is 1.00. The molecule has 1 rings (SSSR count). The van der Waals surface area contributed by atoms with Crippen LogP contribution in [0.5, 0.6) is 0 Å². The van der Waals surface area contributed by atoms with Gasteiger partial charge in [0.05, 0.1) is 0 Å². The summed E-state index contributed by atoms with van der Waals surface area (Å²) in [5.41, 5.74) is 0. The normalized spacial score (nSPS) is 36.2. The quantitative estimate of drug-likeness (QED) is 0.565. The topological polar surface area (TPSA) is 0 Å². The van der Waals surface area contributed by atoms with Crippen LogP contribution in [0.3, 0.4) is 0 Å². The molecule has 0 aromatic heterocycles. The van der Waals surface area contributed by atoms with Crippen LogP contribution in [-0.2, 0) is 0 Å². The van der Waals surface area contributed by atoms with E-state index in [0.29, 0.717) is 0 Å². The van der Waals surface area contributed by atoms with Crippen LogP contribution in [0.1, 0.15) is 46.5 Å². The third-order valence-corrected chi connectivity index (χ3v) is 3.50. The van der Waals surface area contributed by atoms with Gasteiger partial charge in [-0.3, -0.25) is 0 Å². The van der Waals surface area contributed by atoms with Crippen LogP contribution in [0, 0.1) is 17.8 Å². The summed E-state index contributed by atoms with van der Waals surface area (Å²) in [5.74, 6) is 3.98. The second kappa shape index (κ2) is 4.34. The fourth-order valence-corrected chi connectivity index (χ4v) is 2.74. The summed E-state index contributed by atoms with van der Waals surface area (Å²) in [7, 11) is 2.45. The van der Waals surface area contributed by atoms with Crippen molar-refractivity contribution in [2.24, 2.45) is 17.8 Å². The van der Waals surface area contributed by atoms with Crippen LogP contribution in [0.2, 0.25) is 5.82 Å². The van der Waals surface area contributed by atoms with E-state index < -0.39 is 0 Å². The van der Waals surface area contributed by atoms with Crippen molar-refractivity contribution in [2.45, 2.75) is 52.3 Å². The highest BCUT2D eigenvalue weighted by atomic mass is 14.3. The predicted molar refractivity (Wildman–Crippen MR) is 58.3 cm³/mol. The molecule has 0 nitrogen and oxygen atoms in total. The Hall–Kier alpha value is 0.0649. The maximum Gasteiger partial charge on any atom is 0.105 e. The summed E-state index contributed by atoms with van der Waals surface area (Å²) in [6.45, 7) is 7.05. The van der Waals surface area contributed by atoms with Crippen LogP contribution in [0.15, 0.2) is 0 Å². The molecular weight excluding hydrogens is 143 g/mol. The molecule has 3 atom stereocenters. The van der Waals surface area contributed by atoms with E-state index in [1.165, 1.54) is 25.7 Å². The Labute approximate surface area is 78.5 Å². The van der Waals surface area contributed by atoms with Gasteiger partial charge in [-0.1, -0.05) is 39.4 Å². The minimum absolute atomic E-state index is 0.896. The van der Waals surface area contributed by atoms with Gasteiger partial charge >= 0.3 is 0 Å². The summed E-state index contributed by atoms with van der Waals surface area (Å²) in [6, 6.07) is 0. The van der Waals surface area contributed by atoms with Crippen LogP contribution in [0.25, 0.3) is 0 Å². The van der Waals surface area contributed by atoms with Crippen LogP contribution in [0.4, 0.5) is 0 Å². The van der Waals surface area contributed by atoms with E-state index in [-0.39, 0.29) is 0 Å². The SMILES string of the molecule is BC1CC(CC)CC1CC(C)C. The van der Waals surface area contributed by atoms with E-state index in [9.17, 15) is 0 Å². The molecule has 0 aromatic carbocycles. The first-order valence-corrected chi connectivity index (χ1v) is 5.63. The minimum atomic E-state index is 0.896. The Bertz CT molecular complexity index is 131. The molecule has 0 aromatic rings. The summed E-state index contributed by atoms with van der Waals surface area (Å²) < 4.78 is 0. The van der Waals surface area contributed by atoms with E-state index in [0.717, 1.165) is 23.6 Å². The van der Waals surface area contributed by atoms with Crippen molar-refractivity contribution >= 4 is 7.85 Å². The zero-order chi connectivity index (χ0) is 9.14. The smallest absolute Gasteiger partial charge is 0.0667 e. The van der Waals surface area contributed by atoms with Gasteiger partial charge in [0, 0.05) is 0 Å². The molecule has 1 saturated carbocycles. The molecule has 0 spiro atoms. The second-order valence-corrected chi connectivity index (χ2v) is 5.11. The highest BCUT2D eigenvalue weighted by molar-refractivity contribution is 6.12. The molecule has 0 amide bonds. The molecule has 70 valence electrons. The van der Waals surface area contributed by atoms with E-state index >= 15 is 0 Å². The average molecular weight is 166 g/mol.